The van der Waals surface area contributed by atoms with Crippen LogP contribution in [0.3, 0.4) is 0 Å². The van der Waals surface area contributed by atoms with Crippen LogP contribution in [0.25, 0.3) is 0 Å². The first-order chi connectivity index (χ1) is 12.2. The van der Waals surface area contributed by atoms with Crippen LogP contribution in [0.1, 0.15) is 17.0 Å². The molecule has 2 aromatic rings. The van der Waals surface area contributed by atoms with Crippen LogP contribution in [-0.2, 0) is 40.7 Å². The molecule has 0 bridgehead atoms. The summed E-state index contributed by atoms with van der Waals surface area (Å²) in [6.07, 6.45) is 4.92. The Kier molecular flexibility index (Phi) is 4.55. The minimum Gasteiger partial charge on any atom is -0.348 e. The molecule has 6 heteroatoms. The maximum atomic E-state index is 13.2. The molecule has 0 spiro atoms. The minimum absolute atomic E-state index is 0.0147. The van der Waals surface area contributed by atoms with E-state index in [2.05, 4.69) is 17.1 Å². The number of aromatic nitrogens is 2. The van der Waals surface area contributed by atoms with E-state index in [-0.39, 0.29) is 18.1 Å². The Morgan fingerprint density at radius 2 is 1.92 bits per heavy atom. The average molecular weight is 341 g/mol. The number of hydrogen-bond acceptors (Lipinski definition) is 4. The van der Waals surface area contributed by atoms with E-state index in [1.54, 1.807) is 6.20 Å². The first-order valence-electron chi connectivity index (χ1n) is 8.75. The molecule has 6 nitrogen and oxygen atoms in total. The molecule has 1 aliphatic heterocycles. The maximum absolute atomic E-state index is 13.2. The van der Waals surface area contributed by atoms with Gasteiger partial charge in [-0.1, -0.05) is 24.3 Å². The number of nitrogens with zero attached hydrogens (tertiary/aromatic N) is 3. The van der Waals surface area contributed by atoms with Gasteiger partial charge in [0.15, 0.2) is 6.29 Å². The molecule has 1 aromatic heterocycles. The molecule has 0 unspecified atom stereocenters. The number of aryl methyl sites for hydroxylation is 1. The van der Waals surface area contributed by atoms with E-state index in [4.69, 9.17) is 9.47 Å². The number of fused-ring (bicyclic) bond motifs is 1. The molecular weight excluding hydrogens is 318 g/mol. The zero-order chi connectivity index (χ0) is 17.2. The van der Waals surface area contributed by atoms with Crippen LogP contribution >= 0.6 is 0 Å². The molecule has 25 heavy (non-hydrogen) atoms. The van der Waals surface area contributed by atoms with Crippen molar-refractivity contribution in [2.24, 2.45) is 13.0 Å². The van der Waals surface area contributed by atoms with Crippen molar-refractivity contribution < 1.29 is 14.3 Å². The first-order valence-corrected chi connectivity index (χ1v) is 8.75. The van der Waals surface area contributed by atoms with Crippen molar-refractivity contribution in [3.05, 3.63) is 53.6 Å². The van der Waals surface area contributed by atoms with Gasteiger partial charge >= 0.3 is 0 Å². The summed E-state index contributed by atoms with van der Waals surface area (Å²) in [7, 11) is 1.94. The highest BCUT2D eigenvalue weighted by Gasteiger charge is 2.33. The smallest absolute Gasteiger partial charge is 0.226 e. The van der Waals surface area contributed by atoms with Gasteiger partial charge in [0, 0.05) is 25.4 Å². The SMILES string of the molecule is Cn1ccnc1CN(CC1OCCO1)C(=O)C1Cc2ccccc2C1. The van der Waals surface area contributed by atoms with Gasteiger partial charge in [-0.05, 0) is 24.0 Å². The zero-order valence-corrected chi connectivity index (χ0v) is 14.4. The maximum Gasteiger partial charge on any atom is 0.226 e. The van der Waals surface area contributed by atoms with Gasteiger partial charge in [-0.2, -0.15) is 0 Å². The van der Waals surface area contributed by atoms with E-state index in [1.165, 1.54) is 11.1 Å². The van der Waals surface area contributed by atoms with E-state index in [9.17, 15) is 4.79 Å². The van der Waals surface area contributed by atoms with Crippen LogP contribution in [0, 0.1) is 5.92 Å². The van der Waals surface area contributed by atoms with Gasteiger partial charge in [-0.3, -0.25) is 4.79 Å². The van der Waals surface area contributed by atoms with Crippen molar-refractivity contribution in [3.63, 3.8) is 0 Å². The molecule has 132 valence electrons. The number of amides is 1. The molecule has 1 amide bonds. The highest BCUT2D eigenvalue weighted by molar-refractivity contribution is 5.80. The highest BCUT2D eigenvalue weighted by atomic mass is 16.7. The summed E-state index contributed by atoms with van der Waals surface area (Å²) in [5.74, 6) is 0.999. The van der Waals surface area contributed by atoms with E-state index in [0.717, 1.165) is 18.7 Å². The topological polar surface area (TPSA) is 56.6 Å². The van der Waals surface area contributed by atoms with E-state index in [1.807, 2.05) is 34.8 Å². The summed E-state index contributed by atoms with van der Waals surface area (Å²) in [6, 6.07) is 8.32. The molecular formula is C19H23N3O3. The summed E-state index contributed by atoms with van der Waals surface area (Å²) < 4.78 is 13.1. The first kappa shape index (κ1) is 16.3. The van der Waals surface area contributed by atoms with Crippen LogP contribution in [0.2, 0.25) is 0 Å². The molecule has 2 heterocycles. The molecule has 2 aliphatic rings. The van der Waals surface area contributed by atoms with Crippen molar-refractivity contribution in [1.82, 2.24) is 14.5 Å². The van der Waals surface area contributed by atoms with Crippen LogP contribution < -0.4 is 0 Å². The van der Waals surface area contributed by atoms with Crippen LogP contribution in [0.4, 0.5) is 0 Å². The van der Waals surface area contributed by atoms with E-state index >= 15 is 0 Å². The fourth-order valence-electron chi connectivity index (χ4n) is 3.64. The molecule has 1 aromatic carbocycles. The van der Waals surface area contributed by atoms with Gasteiger partial charge in [0.2, 0.25) is 5.91 Å². The lowest BCUT2D eigenvalue weighted by molar-refractivity contribution is -0.142. The van der Waals surface area contributed by atoms with Gasteiger partial charge in [0.25, 0.3) is 0 Å². The second-order valence-electron chi connectivity index (χ2n) is 6.72. The molecule has 1 fully saturated rings. The van der Waals surface area contributed by atoms with Crippen molar-refractivity contribution in [1.29, 1.82) is 0 Å². The summed E-state index contributed by atoms with van der Waals surface area (Å²) in [6.45, 7) is 2.09. The second-order valence-corrected chi connectivity index (χ2v) is 6.72. The van der Waals surface area contributed by atoms with Crippen LogP contribution in [-0.4, -0.2) is 46.4 Å². The summed E-state index contributed by atoms with van der Waals surface area (Å²) in [5, 5.41) is 0. The molecule has 1 aliphatic carbocycles. The quantitative estimate of drug-likeness (QED) is 0.828. The molecule has 1 saturated heterocycles. The van der Waals surface area contributed by atoms with Gasteiger partial charge in [0.05, 0.1) is 26.3 Å². The van der Waals surface area contributed by atoms with Crippen LogP contribution in [0.5, 0.6) is 0 Å². The minimum atomic E-state index is -0.340. The average Bonchev–Trinajstić information content (AvgIpc) is 3.35. The van der Waals surface area contributed by atoms with Crippen LogP contribution in [0.15, 0.2) is 36.7 Å². The Labute approximate surface area is 147 Å². The third-order valence-electron chi connectivity index (χ3n) is 5.03. The van der Waals surface area contributed by atoms with Gasteiger partial charge in [-0.25, -0.2) is 4.98 Å². The third-order valence-corrected chi connectivity index (χ3v) is 5.03. The Morgan fingerprint density at radius 3 is 2.52 bits per heavy atom. The van der Waals surface area contributed by atoms with Crippen molar-refractivity contribution in [2.45, 2.75) is 25.7 Å². The van der Waals surface area contributed by atoms with Crippen molar-refractivity contribution >= 4 is 5.91 Å². The normalized spacial score (nSPS) is 17.8. The molecule has 0 radical (unpaired) electrons. The number of ether oxygens (including phenoxy) is 2. The lowest BCUT2D eigenvalue weighted by Gasteiger charge is -2.27. The van der Waals surface area contributed by atoms with Gasteiger partial charge < -0.3 is 18.9 Å². The number of carbonyl (C=O) groups excluding carboxylic acids is 1. The summed E-state index contributed by atoms with van der Waals surface area (Å²) in [4.78, 5) is 19.4. The lowest BCUT2D eigenvalue weighted by Crippen LogP contribution is -2.41. The predicted molar refractivity (Wildman–Crippen MR) is 91.7 cm³/mol. The molecule has 0 saturated carbocycles. The lowest BCUT2D eigenvalue weighted by atomic mass is 10.0. The molecule has 0 N–H and O–H groups in total. The fourth-order valence-corrected chi connectivity index (χ4v) is 3.64. The van der Waals surface area contributed by atoms with Gasteiger partial charge in [0.1, 0.15) is 5.82 Å². The number of carbonyl (C=O) groups is 1. The van der Waals surface area contributed by atoms with Crippen molar-refractivity contribution in [3.8, 4) is 0 Å². The fraction of sp³-hybridized carbons (Fsp3) is 0.474. The summed E-state index contributed by atoms with van der Waals surface area (Å²) in [5.41, 5.74) is 2.57. The zero-order valence-electron chi connectivity index (χ0n) is 14.4. The van der Waals surface area contributed by atoms with E-state index < -0.39 is 0 Å². The second kappa shape index (κ2) is 6.98. The third kappa shape index (κ3) is 3.45. The molecule has 4 rings (SSSR count). The van der Waals surface area contributed by atoms with Crippen molar-refractivity contribution in [2.75, 3.05) is 19.8 Å². The summed E-state index contributed by atoms with van der Waals surface area (Å²) >= 11 is 0. The Hall–Kier alpha value is -2.18. The predicted octanol–water partition coefficient (Wildman–Crippen LogP) is 1.54. The highest BCUT2D eigenvalue weighted by Crippen LogP contribution is 2.28. The standard InChI is InChI=1S/C19H23N3O3/c1-21-7-6-20-17(21)12-22(13-18-24-8-9-25-18)19(23)16-10-14-4-2-3-5-15(14)11-16/h2-7,16,18H,8-13H2,1H3. The Balaban J connectivity index is 1.50. The Morgan fingerprint density at radius 1 is 1.24 bits per heavy atom. The van der Waals surface area contributed by atoms with Gasteiger partial charge in [-0.15, -0.1) is 0 Å². The largest absolute Gasteiger partial charge is 0.348 e. The Bertz CT molecular complexity index is 727. The monoisotopic (exact) mass is 341 g/mol. The number of hydrogen-bond donors (Lipinski definition) is 0. The number of imidazole rings is 1. The molecule has 0 atom stereocenters. The number of benzene rings is 1. The van der Waals surface area contributed by atoms with E-state index in [0.29, 0.717) is 26.3 Å². The number of rotatable bonds is 5.